The Hall–Kier alpha value is -2.50. The molecule has 0 saturated carbocycles. The molecule has 2 rings (SSSR count). The molecule has 128 valence electrons. The van der Waals surface area contributed by atoms with Gasteiger partial charge in [0, 0.05) is 17.7 Å². The molecule has 2 aromatic rings. The van der Waals surface area contributed by atoms with Crippen LogP contribution in [-0.4, -0.2) is 35.1 Å². The van der Waals surface area contributed by atoms with E-state index in [1.807, 2.05) is 6.07 Å². The van der Waals surface area contributed by atoms with Crippen molar-refractivity contribution < 1.29 is 19.8 Å². The van der Waals surface area contributed by atoms with Crippen molar-refractivity contribution in [2.45, 2.75) is 19.3 Å². The highest BCUT2D eigenvalue weighted by molar-refractivity contribution is 6.09. The van der Waals surface area contributed by atoms with E-state index in [4.69, 9.17) is 15.9 Å². The molecule has 0 bridgehead atoms. The molecule has 5 nitrogen and oxygen atoms in total. The highest BCUT2D eigenvalue weighted by Gasteiger charge is 2.16. The van der Waals surface area contributed by atoms with E-state index in [-0.39, 0.29) is 12.4 Å². The second-order valence-electron chi connectivity index (χ2n) is 5.25. The fourth-order valence-corrected chi connectivity index (χ4v) is 1.94. The molecule has 0 spiro atoms. The molecule has 2 aromatic carbocycles. The number of carboxylic acid groups (broad SMARTS) is 1. The maximum absolute atomic E-state index is 12.2. The third-order valence-corrected chi connectivity index (χ3v) is 3.42. The topological polar surface area (TPSA) is 101 Å². The summed E-state index contributed by atoms with van der Waals surface area (Å²) in [6.07, 6.45) is 0.722. The predicted molar refractivity (Wildman–Crippen MR) is 93.1 cm³/mol. The molecule has 24 heavy (non-hydrogen) atoms. The van der Waals surface area contributed by atoms with Gasteiger partial charge in [0.05, 0.1) is 5.92 Å². The van der Waals surface area contributed by atoms with Crippen LogP contribution in [0.4, 0.5) is 0 Å². The Bertz CT molecular complexity index is 653. The van der Waals surface area contributed by atoms with E-state index in [9.17, 15) is 9.59 Å². The molecule has 0 fully saturated rings. The van der Waals surface area contributed by atoms with Gasteiger partial charge in [-0.15, -0.1) is 0 Å². The summed E-state index contributed by atoms with van der Waals surface area (Å²) >= 11 is 0. The smallest absolute Gasteiger partial charge is 0.310 e. The number of carbonyl (C=O) groups excluding carboxylic acids is 1. The van der Waals surface area contributed by atoms with Crippen molar-refractivity contribution >= 4 is 11.8 Å². The first-order valence-corrected chi connectivity index (χ1v) is 7.74. The first kappa shape index (κ1) is 19.5. The summed E-state index contributed by atoms with van der Waals surface area (Å²) < 4.78 is 0. The molecule has 0 aliphatic heterocycles. The van der Waals surface area contributed by atoms with Crippen LogP contribution in [0.3, 0.4) is 0 Å². The molecule has 4 N–H and O–H groups in total. The predicted octanol–water partition coefficient (Wildman–Crippen LogP) is 2.43. The van der Waals surface area contributed by atoms with E-state index in [0.717, 1.165) is 6.42 Å². The van der Waals surface area contributed by atoms with Gasteiger partial charge in [-0.05, 0) is 31.5 Å². The van der Waals surface area contributed by atoms with Crippen LogP contribution in [0.2, 0.25) is 0 Å². The lowest BCUT2D eigenvalue weighted by atomic mass is 9.96. The number of aliphatic hydroxyl groups is 1. The largest absolute Gasteiger partial charge is 0.481 e. The van der Waals surface area contributed by atoms with Gasteiger partial charge in [-0.25, -0.2) is 0 Å². The summed E-state index contributed by atoms with van der Waals surface area (Å²) in [6, 6.07) is 15.7. The average Bonchev–Trinajstić information content (AvgIpc) is 2.62. The van der Waals surface area contributed by atoms with Gasteiger partial charge in [-0.2, -0.15) is 0 Å². The zero-order valence-corrected chi connectivity index (χ0v) is 13.7. The molecular formula is C19H23NO4. The summed E-state index contributed by atoms with van der Waals surface area (Å²) in [5.41, 5.74) is 6.72. The van der Waals surface area contributed by atoms with E-state index in [1.54, 1.807) is 55.5 Å². The number of hydrogen-bond donors (Lipinski definition) is 3. The Labute approximate surface area is 141 Å². The van der Waals surface area contributed by atoms with Gasteiger partial charge >= 0.3 is 5.97 Å². The van der Waals surface area contributed by atoms with Crippen molar-refractivity contribution in [1.29, 1.82) is 0 Å². The van der Waals surface area contributed by atoms with E-state index in [0.29, 0.717) is 23.2 Å². The van der Waals surface area contributed by atoms with Crippen molar-refractivity contribution in [3.8, 4) is 0 Å². The molecule has 5 heteroatoms. The second kappa shape index (κ2) is 10.3. The molecule has 0 aliphatic rings. The Morgan fingerprint density at radius 2 is 1.67 bits per heavy atom. The second-order valence-corrected chi connectivity index (χ2v) is 5.25. The molecule has 0 aromatic heterocycles. The molecule has 0 radical (unpaired) electrons. The quantitative estimate of drug-likeness (QED) is 0.707. The van der Waals surface area contributed by atoms with E-state index >= 15 is 0 Å². The third-order valence-electron chi connectivity index (χ3n) is 3.42. The first-order valence-electron chi connectivity index (χ1n) is 7.74. The van der Waals surface area contributed by atoms with Gasteiger partial charge in [0.25, 0.3) is 0 Å². The van der Waals surface area contributed by atoms with Crippen LogP contribution in [0.1, 0.15) is 40.7 Å². The van der Waals surface area contributed by atoms with E-state index < -0.39 is 11.9 Å². The van der Waals surface area contributed by atoms with Gasteiger partial charge in [0.1, 0.15) is 0 Å². The summed E-state index contributed by atoms with van der Waals surface area (Å²) in [4.78, 5) is 23.2. The summed E-state index contributed by atoms with van der Waals surface area (Å²) in [7, 11) is 0. The van der Waals surface area contributed by atoms with Crippen LogP contribution in [0.5, 0.6) is 0 Å². The number of carbonyl (C=O) groups is 2. The third kappa shape index (κ3) is 5.95. The zero-order valence-electron chi connectivity index (χ0n) is 13.7. The number of rotatable bonds is 6. The van der Waals surface area contributed by atoms with Crippen LogP contribution in [-0.2, 0) is 4.79 Å². The van der Waals surface area contributed by atoms with Gasteiger partial charge in [0.2, 0.25) is 0 Å². The van der Waals surface area contributed by atoms with E-state index in [1.165, 1.54) is 0 Å². The number of carboxylic acids is 1. The van der Waals surface area contributed by atoms with Crippen molar-refractivity contribution in [2.24, 2.45) is 5.73 Å². The normalized spacial score (nSPS) is 11.1. The molecular weight excluding hydrogens is 306 g/mol. The number of hydrogen-bond acceptors (Lipinski definition) is 4. The van der Waals surface area contributed by atoms with Crippen molar-refractivity contribution in [3.05, 3.63) is 71.3 Å². The highest BCUT2D eigenvalue weighted by Crippen LogP contribution is 2.18. The summed E-state index contributed by atoms with van der Waals surface area (Å²) in [6.45, 7) is 2.42. The zero-order chi connectivity index (χ0) is 17.9. The van der Waals surface area contributed by atoms with Crippen LogP contribution < -0.4 is 5.73 Å². The molecule has 0 heterocycles. The molecule has 1 atom stereocenters. The molecule has 0 saturated heterocycles. The number of aliphatic hydroxyl groups excluding tert-OH is 1. The molecule has 0 amide bonds. The SMILES string of the molecule is C[C@@H](C(=O)O)c1cccc(C(=O)c2ccccc2)c1.NCCCO. The Balaban J connectivity index is 0.000000505. The Morgan fingerprint density at radius 3 is 2.17 bits per heavy atom. The van der Waals surface area contributed by atoms with Crippen LogP contribution in [0.25, 0.3) is 0 Å². The fourth-order valence-electron chi connectivity index (χ4n) is 1.94. The monoisotopic (exact) mass is 329 g/mol. The first-order chi connectivity index (χ1) is 11.5. The lowest BCUT2D eigenvalue weighted by Crippen LogP contribution is -2.09. The minimum atomic E-state index is -0.899. The fraction of sp³-hybridized carbons (Fsp3) is 0.263. The molecule has 0 unspecified atom stereocenters. The average molecular weight is 329 g/mol. The number of nitrogens with two attached hydrogens (primary N) is 1. The molecule has 0 aliphatic carbocycles. The Kier molecular flexibility index (Phi) is 8.39. The van der Waals surface area contributed by atoms with Crippen LogP contribution >= 0.6 is 0 Å². The highest BCUT2D eigenvalue weighted by atomic mass is 16.4. The minimum absolute atomic E-state index is 0.0972. The van der Waals surface area contributed by atoms with Gasteiger partial charge < -0.3 is 15.9 Å². The lowest BCUT2D eigenvalue weighted by Gasteiger charge is -2.08. The van der Waals surface area contributed by atoms with Crippen molar-refractivity contribution in [1.82, 2.24) is 0 Å². The standard InChI is InChI=1S/C16H14O3.C3H9NO/c1-11(16(18)19)13-8-5-9-14(10-13)15(17)12-6-3-2-4-7-12;4-2-1-3-5/h2-11H,1H3,(H,18,19);5H,1-4H2/t11-;/m1./s1. The number of benzene rings is 2. The summed E-state index contributed by atoms with van der Waals surface area (Å²) in [5, 5.41) is 17.0. The van der Waals surface area contributed by atoms with Gasteiger partial charge in [-0.3, -0.25) is 9.59 Å². The number of ketones is 1. The maximum Gasteiger partial charge on any atom is 0.310 e. The van der Waals surface area contributed by atoms with Crippen LogP contribution in [0, 0.1) is 0 Å². The minimum Gasteiger partial charge on any atom is -0.481 e. The van der Waals surface area contributed by atoms with Crippen molar-refractivity contribution in [3.63, 3.8) is 0 Å². The maximum atomic E-state index is 12.2. The van der Waals surface area contributed by atoms with E-state index in [2.05, 4.69) is 0 Å². The van der Waals surface area contributed by atoms with Crippen LogP contribution in [0.15, 0.2) is 54.6 Å². The summed E-state index contributed by atoms with van der Waals surface area (Å²) in [5.74, 6) is -1.62. The van der Waals surface area contributed by atoms with Gasteiger partial charge in [0.15, 0.2) is 5.78 Å². The lowest BCUT2D eigenvalue weighted by molar-refractivity contribution is -0.138. The Morgan fingerprint density at radius 1 is 1.04 bits per heavy atom. The van der Waals surface area contributed by atoms with Gasteiger partial charge in [-0.1, -0.05) is 48.5 Å². The number of aliphatic carboxylic acids is 1. The van der Waals surface area contributed by atoms with Crippen molar-refractivity contribution in [2.75, 3.05) is 13.2 Å².